The lowest BCUT2D eigenvalue weighted by molar-refractivity contribution is 0.195. The summed E-state index contributed by atoms with van der Waals surface area (Å²) in [6, 6.07) is 9.27. The van der Waals surface area contributed by atoms with E-state index in [1.807, 2.05) is 26.0 Å². The zero-order chi connectivity index (χ0) is 13.4. The van der Waals surface area contributed by atoms with Crippen LogP contribution < -0.4 is 5.19 Å². The van der Waals surface area contributed by atoms with Gasteiger partial charge in [-0.25, -0.2) is 0 Å². The van der Waals surface area contributed by atoms with Crippen molar-refractivity contribution in [3.8, 4) is 0 Å². The Hall–Kier alpha value is -0.293. The van der Waals surface area contributed by atoms with Gasteiger partial charge in [-0.05, 0) is 37.2 Å². The summed E-state index contributed by atoms with van der Waals surface area (Å²) in [6.07, 6.45) is 2.31. The Kier molecular flexibility index (Phi) is 7.00. The lowest BCUT2D eigenvalue weighted by Gasteiger charge is -2.30. The molecule has 0 aliphatic rings. The van der Waals surface area contributed by atoms with E-state index in [1.165, 1.54) is 11.6 Å². The van der Waals surface area contributed by atoms with E-state index < -0.39 is 8.56 Å². The minimum atomic E-state index is -2.25. The molecule has 0 bridgehead atoms. The van der Waals surface area contributed by atoms with Gasteiger partial charge in [0.2, 0.25) is 0 Å². The van der Waals surface area contributed by atoms with Crippen molar-refractivity contribution in [1.29, 1.82) is 0 Å². The molecule has 0 aliphatic carbocycles. The first-order chi connectivity index (χ1) is 8.68. The van der Waals surface area contributed by atoms with Gasteiger partial charge in [0, 0.05) is 18.1 Å². The molecule has 0 saturated heterocycles. The predicted molar refractivity (Wildman–Crippen MR) is 82.0 cm³/mol. The van der Waals surface area contributed by atoms with Crippen LogP contribution in [0.1, 0.15) is 33.6 Å². The molecule has 0 spiro atoms. The quantitative estimate of drug-likeness (QED) is 0.582. The fourth-order valence-electron chi connectivity index (χ4n) is 2.09. The maximum absolute atomic E-state index is 6.09. The van der Waals surface area contributed by atoms with E-state index in [4.69, 9.17) is 8.85 Å². The van der Waals surface area contributed by atoms with E-state index in [1.54, 1.807) is 0 Å². The lowest BCUT2D eigenvalue weighted by atomic mass is 10.4. The van der Waals surface area contributed by atoms with Gasteiger partial charge in [-0.15, -0.1) is 12.6 Å². The molecule has 0 aliphatic heterocycles. The predicted octanol–water partition coefficient (Wildman–Crippen LogP) is 3.50. The van der Waals surface area contributed by atoms with E-state index in [0.29, 0.717) is 13.2 Å². The Morgan fingerprint density at radius 2 is 1.56 bits per heavy atom. The van der Waals surface area contributed by atoms with Gasteiger partial charge < -0.3 is 8.85 Å². The van der Waals surface area contributed by atoms with Crippen molar-refractivity contribution < 1.29 is 8.85 Å². The van der Waals surface area contributed by atoms with E-state index in [9.17, 15) is 0 Å². The molecule has 4 heteroatoms. The second-order valence-electron chi connectivity index (χ2n) is 4.27. The first kappa shape index (κ1) is 15.8. The normalized spacial score (nSPS) is 11.8. The summed E-state index contributed by atoms with van der Waals surface area (Å²) in [5, 5.41) is 1.22. The second kappa shape index (κ2) is 7.99. The summed E-state index contributed by atoms with van der Waals surface area (Å²) < 4.78 is 12.2. The smallest absolute Gasteiger partial charge is 0.372 e. The highest BCUT2D eigenvalue weighted by Crippen LogP contribution is 2.18. The molecule has 0 fully saturated rings. The summed E-state index contributed by atoms with van der Waals surface area (Å²) in [5.41, 5.74) is 0. The molecule has 102 valence electrons. The van der Waals surface area contributed by atoms with Crippen molar-refractivity contribution >= 4 is 26.4 Å². The molecule has 1 rings (SSSR count). The third-order valence-corrected chi connectivity index (χ3v) is 6.95. The lowest BCUT2D eigenvalue weighted by Crippen LogP contribution is -2.53. The van der Waals surface area contributed by atoms with Crippen LogP contribution in [-0.2, 0) is 8.85 Å². The van der Waals surface area contributed by atoms with Gasteiger partial charge in [0.15, 0.2) is 0 Å². The molecule has 0 amide bonds. The summed E-state index contributed by atoms with van der Waals surface area (Å²) in [4.78, 5) is 0.977. The SMILES string of the molecule is CCCC[Si](OCC)(OCC)c1ccc(S)cc1. The fourth-order valence-corrected chi connectivity index (χ4v) is 5.66. The third kappa shape index (κ3) is 4.12. The van der Waals surface area contributed by atoms with Crippen LogP contribution in [0.4, 0.5) is 0 Å². The minimum Gasteiger partial charge on any atom is -0.391 e. The first-order valence-corrected chi connectivity index (χ1v) is 9.23. The highest BCUT2D eigenvalue weighted by molar-refractivity contribution is 7.80. The van der Waals surface area contributed by atoms with E-state index in [-0.39, 0.29) is 0 Å². The molecule has 0 N–H and O–H groups in total. The molecule has 0 saturated carbocycles. The minimum absolute atomic E-state index is 0.707. The number of unbranched alkanes of at least 4 members (excludes halogenated alkanes) is 1. The first-order valence-electron chi connectivity index (χ1n) is 6.76. The molecule has 2 nitrogen and oxygen atoms in total. The van der Waals surface area contributed by atoms with Crippen LogP contribution in [0.15, 0.2) is 29.2 Å². The molecule has 0 unspecified atom stereocenters. The van der Waals surface area contributed by atoms with Gasteiger partial charge in [0.1, 0.15) is 0 Å². The maximum atomic E-state index is 6.09. The van der Waals surface area contributed by atoms with E-state index in [2.05, 4.69) is 31.7 Å². The second-order valence-corrected chi connectivity index (χ2v) is 7.95. The zero-order valence-corrected chi connectivity index (χ0v) is 13.5. The largest absolute Gasteiger partial charge is 0.391 e. The molecule has 0 heterocycles. The molecular weight excluding hydrogens is 260 g/mol. The Morgan fingerprint density at radius 3 is 2.00 bits per heavy atom. The van der Waals surface area contributed by atoms with Gasteiger partial charge in [-0.2, -0.15) is 0 Å². The fraction of sp³-hybridized carbons (Fsp3) is 0.571. The van der Waals surface area contributed by atoms with Gasteiger partial charge in [0.05, 0.1) is 0 Å². The summed E-state index contributed by atoms with van der Waals surface area (Å²) in [6.45, 7) is 7.70. The van der Waals surface area contributed by atoms with Crippen molar-refractivity contribution in [3.05, 3.63) is 24.3 Å². The number of hydrogen-bond acceptors (Lipinski definition) is 3. The molecule has 1 aromatic carbocycles. The van der Waals surface area contributed by atoms with Crippen LogP contribution in [0.25, 0.3) is 0 Å². The van der Waals surface area contributed by atoms with Crippen molar-refractivity contribution in [1.82, 2.24) is 0 Å². The number of hydrogen-bond donors (Lipinski definition) is 1. The van der Waals surface area contributed by atoms with Crippen molar-refractivity contribution in [2.45, 2.75) is 44.6 Å². The monoisotopic (exact) mass is 284 g/mol. The van der Waals surface area contributed by atoms with Crippen LogP contribution in [0, 0.1) is 0 Å². The van der Waals surface area contributed by atoms with Crippen LogP contribution in [0.5, 0.6) is 0 Å². The summed E-state index contributed by atoms with van der Waals surface area (Å²) in [5.74, 6) is 0. The Balaban J connectivity index is 3.01. The van der Waals surface area contributed by atoms with Gasteiger partial charge in [-0.3, -0.25) is 0 Å². The summed E-state index contributed by atoms with van der Waals surface area (Å²) >= 11 is 4.34. The maximum Gasteiger partial charge on any atom is 0.372 e. The average Bonchev–Trinajstić information content (AvgIpc) is 2.37. The zero-order valence-electron chi connectivity index (χ0n) is 11.6. The van der Waals surface area contributed by atoms with Crippen LogP contribution in [-0.4, -0.2) is 21.8 Å². The molecule has 0 atom stereocenters. The molecular formula is C14H24O2SSi. The Bertz CT molecular complexity index is 334. The van der Waals surface area contributed by atoms with Gasteiger partial charge >= 0.3 is 8.56 Å². The number of rotatable bonds is 8. The molecule has 18 heavy (non-hydrogen) atoms. The van der Waals surface area contributed by atoms with Crippen LogP contribution in [0.3, 0.4) is 0 Å². The van der Waals surface area contributed by atoms with Crippen LogP contribution >= 0.6 is 12.6 Å². The number of thiol groups is 1. The van der Waals surface area contributed by atoms with Gasteiger partial charge in [-0.1, -0.05) is 31.9 Å². The van der Waals surface area contributed by atoms with Crippen LogP contribution in [0.2, 0.25) is 6.04 Å². The van der Waals surface area contributed by atoms with Crippen molar-refractivity contribution in [3.63, 3.8) is 0 Å². The van der Waals surface area contributed by atoms with Crippen molar-refractivity contribution in [2.75, 3.05) is 13.2 Å². The molecule has 1 aromatic rings. The topological polar surface area (TPSA) is 18.5 Å². The Labute approximate surface area is 117 Å². The molecule has 0 aromatic heterocycles. The van der Waals surface area contributed by atoms with E-state index in [0.717, 1.165) is 17.4 Å². The van der Waals surface area contributed by atoms with Gasteiger partial charge in [0.25, 0.3) is 0 Å². The number of benzene rings is 1. The van der Waals surface area contributed by atoms with Crippen molar-refractivity contribution in [2.24, 2.45) is 0 Å². The average molecular weight is 284 g/mol. The highest BCUT2D eigenvalue weighted by Gasteiger charge is 2.38. The Morgan fingerprint density at radius 1 is 1.00 bits per heavy atom. The molecule has 0 radical (unpaired) electrons. The summed E-state index contributed by atoms with van der Waals surface area (Å²) in [7, 11) is -2.25. The third-order valence-electron chi connectivity index (χ3n) is 2.92. The highest BCUT2D eigenvalue weighted by atomic mass is 32.1. The standard InChI is InChI=1S/C14H24O2SSi/c1-4-7-12-18(15-5-2,16-6-3)14-10-8-13(17)9-11-14/h8-11,17H,4-7,12H2,1-3H3. The van der Waals surface area contributed by atoms with E-state index >= 15 is 0 Å².